The monoisotopic (exact) mass is 269 g/mol. The summed E-state index contributed by atoms with van der Waals surface area (Å²) < 4.78 is 5.82. The quantitative estimate of drug-likeness (QED) is 0.808. The molecule has 0 aliphatic rings. The molecule has 2 rings (SSSR count). The number of hydrogen-bond acceptors (Lipinski definition) is 2. The Kier molecular flexibility index (Phi) is 5.63. The second-order valence-electron chi connectivity index (χ2n) is 4.97. The van der Waals surface area contributed by atoms with E-state index in [1.54, 1.807) is 0 Å². The van der Waals surface area contributed by atoms with E-state index in [9.17, 15) is 0 Å². The Hall–Kier alpha value is -1.80. The lowest BCUT2D eigenvalue weighted by atomic mass is 10.1. The molecule has 1 unspecified atom stereocenters. The van der Waals surface area contributed by atoms with Crippen LogP contribution in [0.25, 0.3) is 0 Å². The van der Waals surface area contributed by atoms with Crippen molar-refractivity contribution in [3.05, 3.63) is 65.7 Å². The van der Waals surface area contributed by atoms with Gasteiger partial charge < -0.3 is 10.1 Å². The van der Waals surface area contributed by atoms with Gasteiger partial charge in [-0.3, -0.25) is 0 Å². The molecular weight excluding hydrogens is 246 g/mol. The number of para-hydroxylation sites is 1. The number of hydrogen-bond donors (Lipinski definition) is 1. The molecule has 106 valence electrons. The third-order valence-corrected chi connectivity index (χ3v) is 3.30. The molecule has 0 amide bonds. The standard InChI is InChI=1S/C18H23NO/c1-3-13-20-18-12-8-7-11-17(18)15(2)19-14-16-9-5-4-6-10-16/h4-12,15,19H,3,13-14H2,1-2H3. The highest BCUT2D eigenvalue weighted by atomic mass is 16.5. The minimum Gasteiger partial charge on any atom is -0.493 e. The fraction of sp³-hybridized carbons (Fsp3) is 0.333. The van der Waals surface area contributed by atoms with Crippen molar-refractivity contribution in [3.63, 3.8) is 0 Å². The second kappa shape index (κ2) is 7.71. The zero-order valence-corrected chi connectivity index (χ0v) is 12.3. The van der Waals surface area contributed by atoms with Crippen molar-refractivity contribution < 1.29 is 4.74 Å². The smallest absolute Gasteiger partial charge is 0.124 e. The van der Waals surface area contributed by atoms with E-state index in [2.05, 4.69) is 55.6 Å². The van der Waals surface area contributed by atoms with Gasteiger partial charge in [-0.05, 0) is 25.0 Å². The highest BCUT2D eigenvalue weighted by Gasteiger charge is 2.10. The van der Waals surface area contributed by atoms with Crippen LogP contribution in [0, 0.1) is 0 Å². The van der Waals surface area contributed by atoms with Crippen LogP contribution in [-0.4, -0.2) is 6.61 Å². The Balaban J connectivity index is 1.99. The van der Waals surface area contributed by atoms with Crippen molar-refractivity contribution in [2.45, 2.75) is 32.9 Å². The minimum atomic E-state index is 0.267. The molecule has 20 heavy (non-hydrogen) atoms. The van der Waals surface area contributed by atoms with Crippen LogP contribution in [0.2, 0.25) is 0 Å². The Morgan fingerprint density at radius 3 is 2.45 bits per heavy atom. The molecule has 0 aliphatic carbocycles. The van der Waals surface area contributed by atoms with E-state index in [1.807, 2.05) is 18.2 Å². The highest BCUT2D eigenvalue weighted by Crippen LogP contribution is 2.25. The van der Waals surface area contributed by atoms with Crippen LogP contribution >= 0.6 is 0 Å². The maximum absolute atomic E-state index is 5.82. The van der Waals surface area contributed by atoms with Crippen LogP contribution in [-0.2, 0) is 6.54 Å². The molecule has 0 saturated heterocycles. The van der Waals surface area contributed by atoms with Gasteiger partial charge in [0.2, 0.25) is 0 Å². The van der Waals surface area contributed by atoms with E-state index in [4.69, 9.17) is 4.74 Å². The van der Waals surface area contributed by atoms with Crippen molar-refractivity contribution in [2.24, 2.45) is 0 Å². The van der Waals surface area contributed by atoms with E-state index < -0.39 is 0 Å². The van der Waals surface area contributed by atoms with Crippen LogP contribution in [0.3, 0.4) is 0 Å². The normalized spacial score (nSPS) is 12.1. The summed E-state index contributed by atoms with van der Waals surface area (Å²) in [5.74, 6) is 0.988. The fourth-order valence-corrected chi connectivity index (χ4v) is 2.16. The minimum absolute atomic E-state index is 0.267. The highest BCUT2D eigenvalue weighted by molar-refractivity contribution is 5.35. The molecule has 2 aromatic carbocycles. The topological polar surface area (TPSA) is 21.3 Å². The molecule has 0 fully saturated rings. The van der Waals surface area contributed by atoms with Crippen LogP contribution in [0.5, 0.6) is 5.75 Å². The van der Waals surface area contributed by atoms with Crippen molar-refractivity contribution in [2.75, 3.05) is 6.61 Å². The van der Waals surface area contributed by atoms with E-state index >= 15 is 0 Å². The average molecular weight is 269 g/mol. The molecule has 2 heteroatoms. The van der Waals surface area contributed by atoms with Gasteiger partial charge in [0.1, 0.15) is 5.75 Å². The first kappa shape index (κ1) is 14.6. The SMILES string of the molecule is CCCOc1ccccc1C(C)NCc1ccccc1. The van der Waals surface area contributed by atoms with Crippen LogP contribution in [0.4, 0.5) is 0 Å². The van der Waals surface area contributed by atoms with Crippen molar-refractivity contribution >= 4 is 0 Å². The zero-order valence-electron chi connectivity index (χ0n) is 12.3. The van der Waals surface area contributed by atoms with Gasteiger partial charge in [0.05, 0.1) is 6.61 Å². The predicted molar refractivity (Wildman–Crippen MR) is 83.9 cm³/mol. The largest absolute Gasteiger partial charge is 0.493 e. The van der Waals surface area contributed by atoms with Gasteiger partial charge in [0.25, 0.3) is 0 Å². The van der Waals surface area contributed by atoms with E-state index in [0.29, 0.717) is 0 Å². The van der Waals surface area contributed by atoms with Gasteiger partial charge in [-0.25, -0.2) is 0 Å². The number of ether oxygens (including phenoxy) is 1. The lowest BCUT2D eigenvalue weighted by Gasteiger charge is -2.18. The van der Waals surface area contributed by atoms with Crippen molar-refractivity contribution in [1.29, 1.82) is 0 Å². The van der Waals surface area contributed by atoms with E-state index in [1.165, 1.54) is 11.1 Å². The first-order valence-corrected chi connectivity index (χ1v) is 7.30. The molecule has 2 aromatic rings. The average Bonchev–Trinajstić information content (AvgIpc) is 2.52. The molecule has 0 saturated carbocycles. The predicted octanol–water partition coefficient (Wildman–Crippen LogP) is 4.33. The fourth-order valence-electron chi connectivity index (χ4n) is 2.16. The summed E-state index contributed by atoms with van der Waals surface area (Å²) in [6, 6.07) is 19.0. The zero-order chi connectivity index (χ0) is 14.2. The summed E-state index contributed by atoms with van der Waals surface area (Å²) in [4.78, 5) is 0. The molecule has 2 nitrogen and oxygen atoms in total. The molecule has 0 radical (unpaired) electrons. The van der Waals surface area contributed by atoms with Crippen LogP contribution in [0.1, 0.15) is 37.4 Å². The Labute approximate surface area is 121 Å². The second-order valence-corrected chi connectivity index (χ2v) is 4.97. The first-order chi connectivity index (χ1) is 9.81. The van der Waals surface area contributed by atoms with Crippen molar-refractivity contribution in [3.8, 4) is 5.75 Å². The lowest BCUT2D eigenvalue weighted by Crippen LogP contribution is -2.18. The van der Waals surface area contributed by atoms with Gasteiger partial charge in [-0.1, -0.05) is 55.5 Å². The summed E-state index contributed by atoms with van der Waals surface area (Å²) in [5.41, 5.74) is 2.52. The Bertz CT molecular complexity index is 510. The summed E-state index contributed by atoms with van der Waals surface area (Å²) in [5, 5.41) is 3.55. The molecule has 1 N–H and O–H groups in total. The molecule has 0 bridgehead atoms. The maximum Gasteiger partial charge on any atom is 0.124 e. The van der Waals surface area contributed by atoms with Crippen LogP contribution in [0.15, 0.2) is 54.6 Å². The molecule has 0 heterocycles. The van der Waals surface area contributed by atoms with E-state index in [0.717, 1.165) is 25.3 Å². The lowest BCUT2D eigenvalue weighted by molar-refractivity contribution is 0.310. The Morgan fingerprint density at radius 1 is 1.00 bits per heavy atom. The molecule has 0 spiro atoms. The molecule has 0 aromatic heterocycles. The van der Waals surface area contributed by atoms with Crippen molar-refractivity contribution in [1.82, 2.24) is 5.32 Å². The molecule has 0 aliphatic heterocycles. The summed E-state index contributed by atoms with van der Waals surface area (Å²) in [6.45, 7) is 5.93. The summed E-state index contributed by atoms with van der Waals surface area (Å²) >= 11 is 0. The first-order valence-electron chi connectivity index (χ1n) is 7.30. The van der Waals surface area contributed by atoms with Gasteiger partial charge in [0.15, 0.2) is 0 Å². The Morgan fingerprint density at radius 2 is 1.70 bits per heavy atom. The number of rotatable bonds is 7. The number of nitrogens with one attached hydrogen (secondary N) is 1. The summed E-state index contributed by atoms with van der Waals surface area (Å²) in [7, 11) is 0. The van der Waals surface area contributed by atoms with Gasteiger partial charge in [-0.2, -0.15) is 0 Å². The van der Waals surface area contributed by atoms with Gasteiger partial charge in [-0.15, -0.1) is 0 Å². The maximum atomic E-state index is 5.82. The summed E-state index contributed by atoms with van der Waals surface area (Å²) in [6.07, 6.45) is 1.03. The third-order valence-electron chi connectivity index (χ3n) is 3.30. The number of benzene rings is 2. The van der Waals surface area contributed by atoms with Crippen LogP contribution < -0.4 is 10.1 Å². The van der Waals surface area contributed by atoms with Gasteiger partial charge in [0, 0.05) is 18.2 Å². The third kappa shape index (κ3) is 4.10. The molecular formula is C18H23NO. The molecule has 1 atom stereocenters. The van der Waals surface area contributed by atoms with Gasteiger partial charge >= 0.3 is 0 Å². The van der Waals surface area contributed by atoms with E-state index in [-0.39, 0.29) is 6.04 Å².